The molecule has 0 heterocycles. The average molecular weight is 522 g/mol. The van der Waals surface area contributed by atoms with Crippen molar-refractivity contribution in [2.75, 3.05) is 11.5 Å². The number of carbonyl (C=O) groups excluding carboxylic acids is 4. The molecule has 5 atom stereocenters. The molecule has 0 spiro atoms. The van der Waals surface area contributed by atoms with Crippen LogP contribution in [0.15, 0.2) is 0 Å². The lowest BCUT2D eigenvalue weighted by Crippen LogP contribution is -2.52. The number of amides is 4. The molecule has 0 rings (SSSR count). The first-order valence-corrected chi connectivity index (χ1v) is 11.5. The van der Waals surface area contributed by atoms with Crippen LogP contribution in [-0.4, -0.2) is 98.6 Å². The summed E-state index contributed by atoms with van der Waals surface area (Å²) in [5, 5.41) is 36.1. The minimum Gasteiger partial charge on any atom is -0.480 e. The molecule has 0 fully saturated rings. The van der Waals surface area contributed by atoms with Gasteiger partial charge in [-0.15, -0.1) is 0 Å². The number of rotatable bonds is 16. The van der Waals surface area contributed by atoms with Crippen molar-refractivity contribution in [3.8, 4) is 0 Å². The van der Waals surface area contributed by atoms with Crippen LogP contribution in [0.3, 0.4) is 0 Å². The highest BCUT2D eigenvalue weighted by atomic mass is 32.2. The Morgan fingerprint density at radius 2 is 1.34 bits per heavy atom. The minimum atomic E-state index is -1.47. The molecular weight excluding hydrogens is 490 g/mol. The lowest BCUT2D eigenvalue weighted by Gasteiger charge is -2.21. The van der Waals surface area contributed by atoms with Gasteiger partial charge in [-0.05, 0) is 20.3 Å². The van der Waals surface area contributed by atoms with Gasteiger partial charge in [0.15, 0.2) is 0 Å². The Labute approximate surface area is 204 Å². The van der Waals surface area contributed by atoms with Gasteiger partial charge in [0.05, 0.1) is 0 Å². The Balaban J connectivity index is 5.11. The average Bonchev–Trinajstić information content (AvgIpc) is 2.74. The summed E-state index contributed by atoms with van der Waals surface area (Å²) in [7, 11) is 0. The van der Waals surface area contributed by atoms with Crippen LogP contribution in [0.4, 0.5) is 0 Å². The maximum Gasteiger partial charge on any atom is 0.326 e. The lowest BCUT2D eigenvalue weighted by atomic mass is 10.1. The Kier molecular flexibility index (Phi) is 14.0. The second kappa shape index (κ2) is 15.5. The summed E-state index contributed by atoms with van der Waals surface area (Å²) in [5.74, 6) is -7.15. The van der Waals surface area contributed by atoms with Crippen molar-refractivity contribution in [2.45, 2.75) is 63.8 Å². The van der Waals surface area contributed by atoms with Crippen LogP contribution in [0.5, 0.6) is 0 Å². The molecule has 0 aromatic heterocycles. The molecule has 0 saturated heterocycles. The van der Waals surface area contributed by atoms with E-state index < -0.39 is 78.2 Å². The van der Waals surface area contributed by atoms with Crippen molar-refractivity contribution in [1.29, 1.82) is 0 Å². The Morgan fingerprint density at radius 3 is 1.83 bits per heavy atom. The van der Waals surface area contributed by atoms with Crippen molar-refractivity contribution in [3.05, 3.63) is 0 Å². The zero-order valence-electron chi connectivity index (χ0n) is 19.4. The van der Waals surface area contributed by atoms with Gasteiger partial charge < -0.3 is 42.3 Å². The number of nitrogens with one attached hydrogen (secondary N) is 4. The fourth-order valence-corrected chi connectivity index (χ4v) is 3.41. The number of carboxylic acid groups (broad SMARTS) is 3. The number of hydrogen-bond donors (Lipinski definition) is 8. The van der Waals surface area contributed by atoms with Crippen molar-refractivity contribution in [2.24, 2.45) is 5.73 Å². The summed E-state index contributed by atoms with van der Waals surface area (Å²) >= 11 is 0.935. The van der Waals surface area contributed by atoms with E-state index in [9.17, 15) is 38.7 Å². The molecule has 4 amide bonds. The molecular formula is C19H31N5O10S. The predicted molar refractivity (Wildman–Crippen MR) is 122 cm³/mol. The van der Waals surface area contributed by atoms with Crippen molar-refractivity contribution in [3.63, 3.8) is 0 Å². The van der Waals surface area contributed by atoms with E-state index in [1.807, 2.05) is 0 Å². The molecule has 0 aromatic rings. The van der Waals surface area contributed by atoms with E-state index in [-0.39, 0.29) is 17.9 Å². The molecule has 1 unspecified atom stereocenters. The number of carbonyl (C=O) groups is 7. The predicted octanol–water partition coefficient (Wildman–Crippen LogP) is -2.92. The molecule has 198 valence electrons. The van der Waals surface area contributed by atoms with E-state index in [1.165, 1.54) is 20.8 Å². The van der Waals surface area contributed by atoms with Gasteiger partial charge >= 0.3 is 17.9 Å². The molecule has 0 saturated carbocycles. The summed E-state index contributed by atoms with van der Waals surface area (Å²) in [6.07, 6.45) is -0.778. The Morgan fingerprint density at radius 1 is 0.743 bits per heavy atom. The van der Waals surface area contributed by atoms with Gasteiger partial charge in [0.25, 0.3) is 0 Å². The molecule has 0 bridgehead atoms. The van der Waals surface area contributed by atoms with Crippen LogP contribution in [0.25, 0.3) is 0 Å². The van der Waals surface area contributed by atoms with E-state index in [2.05, 4.69) is 21.3 Å². The first-order valence-electron chi connectivity index (χ1n) is 10.3. The molecule has 16 heteroatoms. The van der Waals surface area contributed by atoms with Crippen LogP contribution in [-0.2, 0) is 33.6 Å². The van der Waals surface area contributed by atoms with Gasteiger partial charge in [0, 0.05) is 24.9 Å². The zero-order valence-corrected chi connectivity index (χ0v) is 20.2. The van der Waals surface area contributed by atoms with Crippen LogP contribution in [0.1, 0.15) is 33.6 Å². The third-order valence-electron chi connectivity index (χ3n) is 4.37. The summed E-state index contributed by atoms with van der Waals surface area (Å²) in [6, 6.07) is -6.25. The normalized spacial score (nSPS) is 14.9. The van der Waals surface area contributed by atoms with Gasteiger partial charge in [-0.2, -0.15) is 11.8 Å². The summed E-state index contributed by atoms with van der Waals surface area (Å²) < 4.78 is 0. The van der Waals surface area contributed by atoms with E-state index >= 15 is 0 Å². The summed E-state index contributed by atoms with van der Waals surface area (Å²) in [5.41, 5.74) is 5.40. The second-order valence-corrected chi connectivity index (χ2v) is 8.61. The Hall–Kier alpha value is -3.40. The smallest absolute Gasteiger partial charge is 0.326 e. The van der Waals surface area contributed by atoms with E-state index in [0.717, 1.165) is 11.8 Å². The van der Waals surface area contributed by atoms with Gasteiger partial charge in [-0.1, -0.05) is 0 Å². The van der Waals surface area contributed by atoms with Gasteiger partial charge in [-0.3, -0.25) is 28.8 Å². The fourth-order valence-electron chi connectivity index (χ4n) is 2.41. The highest BCUT2D eigenvalue weighted by Crippen LogP contribution is 2.07. The summed E-state index contributed by atoms with van der Waals surface area (Å²) in [6.45, 7) is 3.73. The van der Waals surface area contributed by atoms with Crippen molar-refractivity contribution < 1.29 is 48.9 Å². The third kappa shape index (κ3) is 13.2. The van der Waals surface area contributed by atoms with Crippen molar-refractivity contribution >= 4 is 53.3 Å². The lowest BCUT2D eigenvalue weighted by molar-refractivity contribution is -0.142. The third-order valence-corrected chi connectivity index (χ3v) is 5.53. The van der Waals surface area contributed by atoms with Crippen molar-refractivity contribution in [1.82, 2.24) is 21.3 Å². The van der Waals surface area contributed by atoms with Gasteiger partial charge in [0.1, 0.15) is 30.2 Å². The minimum absolute atomic E-state index is 0.0942. The second-order valence-electron chi connectivity index (χ2n) is 7.53. The number of aliphatic carboxylic acids is 3. The van der Waals surface area contributed by atoms with Gasteiger partial charge in [0.2, 0.25) is 23.6 Å². The highest BCUT2D eigenvalue weighted by molar-refractivity contribution is 7.99. The molecule has 0 aliphatic rings. The zero-order chi connectivity index (χ0) is 27.3. The van der Waals surface area contributed by atoms with Crippen LogP contribution < -0.4 is 27.0 Å². The van der Waals surface area contributed by atoms with Gasteiger partial charge in [-0.25, -0.2) is 4.79 Å². The van der Waals surface area contributed by atoms with E-state index in [4.69, 9.17) is 15.9 Å². The largest absolute Gasteiger partial charge is 0.480 e. The Bertz CT molecular complexity index is 824. The molecule has 0 aromatic carbocycles. The first kappa shape index (κ1) is 31.6. The molecule has 0 aliphatic heterocycles. The topological polar surface area (TPSA) is 254 Å². The maximum absolute atomic E-state index is 12.4. The fraction of sp³-hybridized carbons (Fsp3) is 0.632. The number of nitrogens with two attached hydrogens (primary N) is 1. The molecule has 35 heavy (non-hydrogen) atoms. The first-order chi connectivity index (χ1) is 16.1. The maximum atomic E-state index is 12.4. The number of hydrogen-bond acceptors (Lipinski definition) is 9. The van der Waals surface area contributed by atoms with E-state index in [1.54, 1.807) is 0 Å². The molecule has 15 nitrogen and oxygen atoms in total. The quantitative estimate of drug-likeness (QED) is 0.102. The molecule has 0 radical (unpaired) electrons. The monoisotopic (exact) mass is 521 g/mol. The summed E-state index contributed by atoms with van der Waals surface area (Å²) in [4.78, 5) is 81.1. The highest BCUT2D eigenvalue weighted by Gasteiger charge is 2.27. The number of thioether (sulfide) groups is 1. The standard InChI is InChI=1S/C19H31N5O10S/c1-8(21-10(3)25)15(27)24-12(19(33)34)4-5-14(26)23-13(7-35-6-11(20)18(31)32)16(28)22-9(2)17(29)30/h8-9,11-13H,4-7,20H2,1-3H3,(H,21,25)(H,22,28)(H,23,26)(H,24,27)(H,29,30)(H,31,32)(H,33,34)/t8-,9+,11-,12?,13+/m0/s1. The van der Waals surface area contributed by atoms with E-state index in [0.29, 0.717) is 0 Å². The van der Waals surface area contributed by atoms with Crippen LogP contribution in [0, 0.1) is 0 Å². The SMILES string of the molecule is CC(=O)N[C@@H](C)C(=O)NC(CCC(=O)N[C@H](CSC[C@H](N)C(=O)O)C(=O)N[C@H](C)C(=O)O)C(=O)O. The molecule has 0 aliphatic carbocycles. The van der Waals surface area contributed by atoms with Crippen LogP contribution in [0.2, 0.25) is 0 Å². The van der Waals surface area contributed by atoms with Crippen LogP contribution >= 0.6 is 11.8 Å². The number of carboxylic acids is 3. The molecule has 9 N–H and O–H groups in total.